The molecule has 0 radical (unpaired) electrons. The summed E-state index contributed by atoms with van der Waals surface area (Å²) in [4.78, 5) is 6.78. The van der Waals surface area contributed by atoms with Crippen LogP contribution in [0.1, 0.15) is 37.8 Å². The minimum Gasteiger partial charge on any atom is -0.439 e. The van der Waals surface area contributed by atoms with Gasteiger partial charge in [-0.15, -0.1) is 0 Å². The predicted octanol–water partition coefficient (Wildman–Crippen LogP) is 4.29. The Morgan fingerprint density at radius 2 is 2.08 bits per heavy atom. The summed E-state index contributed by atoms with van der Waals surface area (Å²) in [5.74, 6) is 2.12. The van der Waals surface area contributed by atoms with Crippen molar-refractivity contribution in [1.29, 1.82) is 0 Å². The molecule has 5 heteroatoms. The Morgan fingerprint density at radius 3 is 2.67 bits per heavy atom. The molecule has 1 aliphatic rings. The average molecular weight is 349 g/mol. The van der Waals surface area contributed by atoms with Crippen molar-refractivity contribution in [3.63, 3.8) is 0 Å². The van der Waals surface area contributed by atoms with E-state index in [9.17, 15) is 5.11 Å². The lowest BCUT2D eigenvalue weighted by atomic mass is 9.95. The number of aliphatic hydroxyl groups excluding tert-OH is 1. The van der Waals surface area contributed by atoms with E-state index >= 15 is 0 Å². The number of hydrogen-bond acceptors (Lipinski definition) is 4. The molecular formula is C19H25ClN2O2. The molecule has 1 aromatic carbocycles. The van der Waals surface area contributed by atoms with Crippen LogP contribution in [0.2, 0.25) is 5.02 Å². The van der Waals surface area contributed by atoms with E-state index in [1.807, 2.05) is 31.2 Å². The van der Waals surface area contributed by atoms with Crippen LogP contribution in [0.3, 0.4) is 0 Å². The molecule has 2 aromatic rings. The highest BCUT2D eigenvalue weighted by atomic mass is 35.5. The van der Waals surface area contributed by atoms with Crippen LogP contribution in [-0.4, -0.2) is 34.2 Å². The maximum absolute atomic E-state index is 9.94. The number of likely N-dealkylation sites (N-methyl/N-ethyl adjacent to an activating group) is 1. The van der Waals surface area contributed by atoms with E-state index in [1.165, 1.54) is 0 Å². The van der Waals surface area contributed by atoms with Gasteiger partial charge in [0.25, 0.3) is 0 Å². The van der Waals surface area contributed by atoms with Gasteiger partial charge in [-0.25, -0.2) is 4.98 Å². The Labute approximate surface area is 148 Å². The van der Waals surface area contributed by atoms with Crippen LogP contribution in [0.4, 0.5) is 0 Å². The van der Waals surface area contributed by atoms with Crippen molar-refractivity contribution >= 4 is 11.6 Å². The lowest BCUT2D eigenvalue weighted by molar-refractivity contribution is 0.0402. The predicted molar refractivity (Wildman–Crippen MR) is 96.0 cm³/mol. The number of aryl methyl sites for hydroxylation is 1. The number of halogens is 1. The molecule has 1 fully saturated rings. The summed E-state index contributed by atoms with van der Waals surface area (Å²) in [6.45, 7) is 4.98. The molecule has 0 bridgehead atoms. The number of oxazole rings is 1. The minimum atomic E-state index is -0.151. The molecule has 1 aliphatic carbocycles. The van der Waals surface area contributed by atoms with Gasteiger partial charge in [0.1, 0.15) is 0 Å². The maximum Gasteiger partial charge on any atom is 0.209 e. The summed E-state index contributed by atoms with van der Waals surface area (Å²) < 4.78 is 6.01. The highest BCUT2D eigenvalue weighted by Crippen LogP contribution is 2.39. The zero-order valence-electron chi connectivity index (χ0n) is 14.6. The first kappa shape index (κ1) is 17.5. The summed E-state index contributed by atoms with van der Waals surface area (Å²) in [5.41, 5.74) is 1.70. The summed E-state index contributed by atoms with van der Waals surface area (Å²) in [7, 11) is 2.05. The zero-order chi connectivity index (χ0) is 17.3. The number of aromatic nitrogens is 1. The molecule has 1 N–H and O–H groups in total. The molecule has 1 saturated carbocycles. The Balaban J connectivity index is 1.79. The number of aliphatic hydroxyl groups is 1. The van der Waals surface area contributed by atoms with Crippen molar-refractivity contribution < 1.29 is 9.52 Å². The third kappa shape index (κ3) is 3.37. The number of nitrogens with zero attached hydrogens (tertiary/aromatic N) is 2. The summed E-state index contributed by atoms with van der Waals surface area (Å²) in [6.07, 6.45) is 3.19. The van der Waals surface area contributed by atoms with Gasteiger partial charge in [0.05, 0.1) is 18.8 Å². The summed E-state index contributed by atoms with van der Waals surface area (Å²) in [6, 6.07) is 7.59. The van der Waals surface area contributed by atoms with Gasteiger partial charge in [-0.05, 0) is 63.4 Å². The first-order chi connectivity index (χ1) is 11.4. The van der Waals surface area contributed by atoms with Gasteiger partial charge in [0.2, 0.25) is 5.89 Å². The largest absolute Gasteiger partial charge is 0.439 e. The minimum absolute atomic E-state index is 0.151. The van der Waals surface area contributed by atoms with Crippen molar-refractivity contribution in [2.24, 2.45) is 5.92 Å². The molecule has 1 aromatic heterocycles. The first-order valence-corrected chi connectivity index (χ1v) is 8.86. The van der Waals surface area contributed by atoms with E-state index in [0.29, 0.717) is 23.4 Å². The van der Waals surface area contributed by atoms with Gasteiger partial charge < -0.3 is 9.52 Å². The molecule has 0 amide bonds. The van der Waals surface area contributed by atoms with E-state index in [2.05, 4.69) is 23.9 Å². The molecular weight excluding hydrogens is 324 g/mol. The highest BCUT2D eigenvalue weighted by Gasteiger charge is 2.40. The molecule has 130 valence electrons. The fourth-order valence-electron chi connectivity index (χ4n) is 3.74. The molecule has 0 aliphatic heterocycles. The third-order valence-corrected chi connectivity index (χ3v) is 5.51. The van der Waals surface area contributed by atoms with Crippen LogP contribution in [0.15, 0.2) is 28.7 Å². The second-order valence-electron chi connectivity index (χ2n) is 7.12. The van der Waals surface area contributed by atoms with E-state index in [-0.39, 0.29) is 12.1 Å². The highest BCUT2D eigenvalue weighted by molar-refractivity contribution is 6.30. The Hall–Kier alpha value is -1.36. The second kappa shape index (κ2) is 6.87. The van der Waals surface area contributed by atoms with Gasteiger partial charge >= 0.3 is 0 Å². The lowest BCUT2D eigenvalue weighted by Gasteiger charge is -2.36. The maximum atomic E-state index is 9.94. The van der Waals surface area contributed by atoms with Crippen molar-refractivity contribution in [3.05, 3.63) is 40.9 Å². The van der Waals surface area contributed by atoms with Gasteiger partial charge in [0, 0.05) is 16.1 Å². The summed E-state index contributed by atoms with van der Waals surface area (Å²) in [5, 5.41) is 10.6. The van der Waals surface area contributed by atoms with Crippen LogP contribution in [0, 0.1) is 12.8 Å². The van der Waals surface area contributed by atoms with Crippen LogP contribution in [0.5, 0.6) is 0 Å². The number of benzene rings is 1. The Morgan fingerprint density at radius 1 is 1.38 bits per heavy atom. The zero-order valence-corrected chi connectivity index (χ0v) is 15.3. The molecule has 3 rings (SSSR count). The molecule has 4 nitrogen and oxygen atoms in total. The Kier molecular flexibility index (Phi) is 5.00. The van der Waals surface area contributed by atoms with E-state index in [1.54, 1.807) is 0 Å². The third-order valence-electron chi connectivity index (χ3n) is 5.25. The number of rotatable bonds is 5. The van der Waals surface area contributed by atoms with Crippen molar-refractivity contribution in [1.82, 2.24) is 9.88 Å². The quantitative estimate of drug-likeness (QED) is 0.875. The van der Waals surface area contributed by atoms with E-state index < -0.39 is 0 Å². The van der Waals surface area contributed by atoms with E-state index in [4.69, 9.17) is 16.0 Å². The normalized spacial score (nSPS) is 24.0. The molecule has 1 heterocycles. The Bertz CT molecular complexity index is 698. The monoisotopic (exact) mass is 348 g/mol. The molecule has 0 unspecified atom stereocenters. The van der Waals surface area contributed by atoms with Gasteiger partial charge in [0.15, 0.2) is 5.76 Å². The van der Waals surface area contributed by atoms with Crippen LogP contribution >= 0.6 is 11.6 Å². The van der Waals surface area contributed by atoms with Gasteiger partial charge in [-0.1, -0.05) is 18.5 Å². The average Bonchev–Trinajstić information content (AvgIpc) is 3.12. The lowest BCUT2D eigenvalue weighted by Crippen LogP contribution is -2.47. The smallest absolute Gasteiger partial charge is 0.209 e. The second-order valence-corrected chi connectivity index (χ2v) is 7.55. The molecule has 0 saturated heterocycles. The summed E-state index contributed by atoms with van der Waals surface area (Å²) >= 11 is 5.95. The van der Waals surface area contributed by atoms with Crippen LogP contribution in [0.25, 0.3) is 11.3 Å². The topological polar surface area (TPSA) is 49.5 Å². The molecule has 2 atom stereocenters. The van der Waals surface area contributed by atoms with Gasteiger partial charge in [-0.3, -0.25) is 4.90 Å². The molecule has 24 heavy (non-hydrogen) atoms. The first-order valence-electron chi connectivity index (χ1n) is 8.48. The van der Waals surface area contributed by atoms with Crippen molar-refractivity contribution in [2.45, 2.75) is 45.2 Å². The fourth-order valence-corrected chi connectivity index (χ4v) is 3.86. The van der Waals surface area contributed by atoms with Crippen molar-refractivity contribution in [3.8, 4) is 11.3 Å². The molecule has 0 spiro atoms. The van der Waals surface area contributed by atoms with Gasteiger partial charge in [-0.2, -0.15) is 0 Å². The van der Waals surface area contributed by atoms with Crippen LogP contribution in [-0.2, 0) is 6.54 Å². The number of hydrogen-bond donors (Lipinski definition) is 1. The SMILES string of the molecule is Cc1nc(CN(C)[C@@]2(CO)CC[C@@H](C)C2)oc1-c1ccc(Cl)cc1. The van der Waals surface area contributed by atoms with Crippen LogP contribution < -0.4 is 0 Å². The fraction of sp³-hybridized carbons (Fsp3) is 0.526. The van der Waals surface area contributed by atoms with E-state index in [0.717, 1.165) is 36.3 Å². The standard InChI is InChI=1S/C19H25ClN2O2/c1-13-8-9-19(10-13,12-23)22(3)11-17-21-14(2)18(24-17)15-4-6-16(20)7-5-15/h4-7,13,23H,8-12H2,1-3H3/t13-,19+/m1/s1. The van der Waals surface area contributed by atoms with Crippen molar-refractivity contribution in [2.75, 3.05) is 13.7 Å².